The number of hydrogen-bond acceptors (Lipinski definition) is 5. The summed E-state index contributed by atoms with van der Waals surface area (Å²) in [4.78, 5) is 24.4. The molecule has 0 bridgehead atoms. The molecule has 2 N–H and O–H groups in total. The molecule has 0 spiro atoms. The lowest BCUT2D eigenvalue weighted by atomic mass is 10.1. The molecule has 3 aromatic rings. The van der Waals surface area contributed by atoms with E-state index in [4.69, 9.17) is 16.1 Å². The maximum atomic E-state index is 12.3. The number of nitrogens with zero attached hydrogens (tertiary/aromatic N) is 1. The minimum atomic E-state index is -1.23. The van der Waals surface area contributed by atoms with Gasteiger partial charge in [-0.1, -0.05) is 23.4 Å². The van der Waals surface area contributed by atoms with Gasteiger partial charge in [0.25, 0.3) is 5.91 Å². The summed E-state index contributed by atoms with van der Waals surface area (Å²) in [5.74, 6) is -1.57. The van der Waals surface area contributed by atoms with Crippen LogP contribution in [0.15, 0.2) is 46.3 Å². The molecular weight excluding hydrogens is 352 g/mol. The van der Waals surface area contributed by atoms with Crippen LogP contribution in [0.1, 0.15) is 26.3 Å². The molecule has 0 saturated heterocycles. The van der Waals surface area contributed by atoms with Crippen molar-refractivity contribution < 1.29 is 19.2 Å². The van der Waals surface area contributed by atoms with Crippen molar-refractivity contribution >= 4 is 40.7 Å². The molecule has 24 heavy (non-hydrogen) atoms. The van der Waals surface area contributed by atoms with Gasteiger partial charge in [0.2, 0.25) is 5.88 Å². The summed E-state index contributed by atoms with van der Waals surface area (Å²) in [6.07, 6.45) is 0. The number of aromatic carboxylic acids is 1. The molecule has 0 aliphatic rings. The average Bonchev–Trinajstić information content (AvgIpc) is 3.23. The number of carbonyl (C=O) groups excluding carboxylic acids is 1. The Morgan fingerprint density at radius 2 is 2.00 bits per heavy atom. The van der Waals surface area contributed by atoms with Crippen molar-refractivity contribution in [3.63, 3.8) is 0 Å². The Labute approximate surface area is 145 Å². The van der Waals surface area contributed by atoms with Crippen molar-refractivity contribution in [3.8, 4) is 10.6 Å². The fourth-order valence-electron chi connectivity index (χ4n) is 2.08. The number of nitrogens with one attached hydrogen (secondary N) is 1. The second kappa shape index (κ2) is 6.86. The molecule has 0 fully saturated rings. The molecule has 1 amide bonds. The van der Waals surface area contributed by atoms with Gasteiger partial charge in [-0.05, 0) is 29.1 Å². The molecular formula is C16H11ClN2O4S. The summed E-state index contributed by atoms with van der Waals surface area (Å²) in [5.41, 5.74) is 1.24. The summed E-state index contributed by atoms with van der Waals surface area (Å²) in [7, 11) is 0. The summed E-state index contributed by atoms with van der Waals surface area (Å²) >= 11 is 7.04. The Morgan fingerprint density at radius 3 is 2.58 bits per heavy atom. The fraction of sp³-hybridized carbons (Fsp3) is 0.0625. The Hall–Kier alpha value is -2.64. The van der Waals surface area contributed by atoms with Gasteiger partial charge >= 0.3 is 5.97 Å². The average molecular weight is 363 g/mol. The van der Waals surface area contributed by atoms with E-state index in [2.05, 4.69) is 10.5 Å². The first kappa shape index (κ1) is 16.2. The quantitative estimate of drug-likeness (QED) is 0.667. The van der Waals surface area contributed by atoms with E-state index in [-0.39, 0.29) is 17.1 Å². The van der Waals surface area contributed by atoms with Crippen LogP contribution in [0.2, 0.25) is 0 Å². The fourth-order valence-corrected chi connectivity index (χ4v) is 2.97. The van der Waals surface area contributed by atoms with Crippen molar-refractivity contribution in [1.82, 2.24) is 5.16 Å². The van der Waals surface area contributed by atoms with E-state index in [9.17, 15) is 14.7 Å². The number of aromatic nitrogens is 1. The number of carboxylic acid groups (broad SMARTS) is 1. The first-order valence-corrected chi connectivity index (χ1v) is 8.24. The number of amides is 1. The van der Waals surface area contributed by atoms with Crippen LogP contribution < -0.4 is 5.32 Å². The Morgan fingerprint density at radius 1 is 1.25 bits per heavy atom. The predicted molar refractivity (Wildman–Crippen MR) is 90.7 cm³/mol. The van der Waals surface area contributed by atoms with Gasteiger partial charge in [0, 0.05) is 11.4 Å². The molecule has 6 nitrogen and oxygen atoms in total. The van der Waals surface area contributed by atoms with Gasteiger partial charge in [0.1, 0.15) is 5.69 Å². The van der Waals surface area contributed by atoms with Crippen LogP contribution in [0.4, 0.5) is 5.88 Å². The largest absolute Gasteiger partial charge is 0.477 e. The lowest BCUT2D eigenvalue weighted by molar-refractivity contribution is 0.0698. The van der Waals surface area contributed by atoms with Gasteiger partial charge in [-0.15, -0.1) is 22.9 Å². The van der Waals surface area contributed by atoms with Gasteiger partial charge in [-0.3, -0.25) is 10.1 Å². The molecule has 0 aliphatic heterocycles. The van der Waals surface area contributed by atoms with E-state index in [1.54, 1.807) is 41.8 Å². The van der Waals surface area contributed by atoms with E-state index in [0.717, 1.165) is 5.56 Å². The second-order valence-electron chi connectivity index (χ2n) is 4.80. The number of thiophene rings is 1. The van der Waals surface area contributed by atoms with Gasteiger partial charge in [-0.25, -0.2) is 4.79 Å². The molecule has 0 saturated carbocycles. The summed E-state index contributed by atoms with van der Waals surface area (Å²) in [5, 5.41) is 17.4. The topological polar surface area (TPSA) is 92.4 Å². The highest BCUT2D eigenvalue weighted by molar-refractivity contribution is 7.13. The molecule has 3 rings (SSSR count). The molecule has 2 heterocycles. The van der Waals surface area contributed by atoms with Crippen molar-refractivity contribution in [3.05, 3.63) is 58.5 Å². The zero-order chi connectivity index (χ0) is 17.1. The number of benzene rings is 1. The minimum absolute atomic E-state index is 0.178. The zero-order valence-corrected chi connectivity index (χ0v) is 13.7. The van der Waals surface area contributed by atoms with E-state index < -0.39 is 11.9 Å². The van der Waals surface area contributed by atoms with E-state index in [0.29, 0.717) is 16.3 Å². The lowest BCUT2D eigenvalue weighted by Gasteiger charge is -2.03. The predicted octanol–water partition coefficient (Wildman–Crippen LogP) is 4.09. The van der Waals surface area contributed by atoms with Crippen LogP contribution in [0.3, 0.4) is 0 Å². The number of rotatable bonds is 5. The number of carboxylic acids is 1. The van der Waals surface area contributed by atoms with Crippen molar-refractivity contribution in [2.24, 2.45) is 0 Å². The smallest absolute Gasteiger partial charge is 0.343 e. The molecule has 0 unspecified atom stereocenters. The number of alkyl halides is 1. The molecule has 2 aromatic heterocycles. The third kappa shape index (κ3) is 3.17. The summed E-state index contributed by atoms with van der Waals surface area (Å²) in [6.45, 7) is 0. The standard InChI is InChI=1S/C16H11ClN2O4S/c17-8-9-3-5-10(6-4-9)14(20)18-15-12(16(21)22)13(19-23-15)11-2-1-7-24-11/h1-7H,8H2,(H,18,20)(H,21,22). The van der Waals surface area contributed by atoms with Crippen LogP contribution in [-0.2, 0) is 5.88 Å². The summed E-state index contributed by atoms with van der Waals surface area (Å²) < 4.78 is 5.04. The first-order valence-electron chi connectivity index (χ1n) is 6.83. The van der Waals surface area contributed by atoms with Gasteiger partial charge in [0.05, 0.1) is 4.88 Å². The number of hydrogen-bond donors (Lipinski definition) is 2. The van der Waals surface area contributed by atoms with Crippen LogP contribution in [0.5, 0.6) is 0 Å². The Bertz CT molecular complexity index is 872. The molecule has 0 radical (unpaired) electrons. The zero-order valence-electron chi connectivity index (χ0n) is 12.2. The molecule has 1 aromatic carbocycles. The minimum Gasteiger partial charge on any atom is -0.477 e. The highest BCUT2D eigenvalue weighted by atomic mass is 35.5. The first-order chi connectivity index (χ1) is 11.6. The molecule has 122 valence electrons. The third-order valence-corrected chi connectivity index (χ3v) is 4.44. The molecule has 0 atom stereocenters. The monoisotopic (exact) mass is 362 g/mol. The molecule has 8 heteroatoms. The maximum absolute atomic E-state index is 12.3. The number of carbonyl (C=O) groups is 2. The van der Waals surface area contributed by atoms with Crippen molar-refractivity contribution in [2.45, 2.75) is 5.88 Å². The van der Waals surface area contributed by atoms with E-state index >= 15 is 0 Å². The van der Waals surface area contributed by atoms with Crippen LogP contribution in [0, 0.1) is 0 Å². The summed E-state index contributed by atoms with van der Waals surface area (Å²) in [6, 6.07) is 10.1. The molecule has 0 aliphatic carbocycles. The van der Waals surface area contributed by atoms with Gasteiger partial charge in [0.15, 0.2) is 5.56 Å². The number of halogens is 1. The number of anilines is 1. The van der Waals surface area contributed by atoms with Crippen LogP contribution >= 0.6 is 22.9 Å². The Balaban J connectivity index is 1.89. The van der Waals surface area contributed by atoms with E-state index in [1.807, 2.05) is 0 Å². The van der Waals surface area contributed by atoms with Crippen LogP contribution in [-0.4, -0.2) is 22.1 Å². The SMILES string of the molecule is O=C(Nc1onc(-c2cccs2)c1C(=O)O)c1ccc(CCl)cc1. The Kier molecular flexibility index (Phi) is 4.64. The van der Waals surface area contributed by atoms with Crippen molar-refractivity contribution in [2.75, 3.05) is 5.32 Å². The van der Waals surface area contributed by atoms with Crippen LogP contribution in [0.25, 0.3) is 10.6 Å². The third-order valence-electron chi connectivity index (χ3n) is 3.26. The van der Waals surface area contributed by atoms with Gasteiger partial charge < -0.3 is 9.63 Å². The van der Waals surface area contributed by atoms with E-state index in [1.165, 1.54) is 11.3 Å². The maximum Gasteiger partial charge on any atom is 0.343 e. The lowest BCUT2D eigenvalue weighted by Crippen LogP contribution is -2.14. The van der Waals surface area contributed by atoms with Gasteiger partial charge in [-0.2, -0.15) is 0 Å². The normalized spacial score (nSPS) is 10.5. The second-order valence-corrected chi connectivity index (χ2v) is 6.02. The highest BCUT2D eigenvalue weighted by Gasteiger charge is 2.25. The van der Waals surface area contributed by atoms with Crippen molar-refractivity contribution in [1.29, 1.82) is 0 Å². The highest BCUT2D eigenvalue weighted by Crippen LogP contribution is 2.32.